The topological polar surface area (TPSA) is 90.4 Å². The first-order valence-corrected chi connectivity index (χ1v) is 11.3. The summed E-state index contributed by atoms with van der Waals surface area (Å²) < 4.78 is 1.37. The molecule has 0 amide bonds. The number of non-ortho nitro benzene ring substituents is 1. The summed E-state index contributed by atoms with van der Waals surface area (Å²) in [7, 11) is 0. The Kier molecular flexibility index (Phi) is 5.14. The van der Waals surface area contributed by atoms with Crippen LogP contribution in [0.25, 0.3) is 21.6 Å². The fraction of sp³-hybridized carbons (Fsp3) is 0.208. The third-order valence-corrected chi connectivity index (χ3v) is 6.96. The monoisotopic (exact) mass is 444 g/mol. The number of benzene rings is 2. The maximum absolute atomic E-state index is 13.7. The van der Waals surface area contributed by atoms with Gasteiger partial charge in [0.05, 0.1) is 16.5 Å². The van der Waals surface area contributed by atoms with Gasteiger partial charge in [0, 0.05) is 22.6 Å². The normalized spacial score (nSPS) is 13.5. The van der Waals surface area contributed by atoms with Crippen LogP contribution in [-0.4, -0.2) is 20.8 Å². The largest absolute Gasteiger partial charge is 0.283 e. The van der Waals surface area contributed by atoms with Crippen molar-refractivity contribution in [1.29, 1.82) is 0 Å². The third kappa shape index (κ3) is 3.52. The summed E-state index contributed by atoms with van der Waals surface area (Å²) in [5, 5.41) is 16.1. The van der Waals surface area contributed by atoms with Crippen molar-refractivity contribution in [1.82, 2.24) is 9.66 Å². The van der Waals surface area contributed by atoms with Crippen LogP contribution in [0.1, 0.15) is 34.4 Å². The molecule has 0 saturated carbocycles. The molecule has 160 valence electrons. The number of rotatable bonds is 4. The van der Waals surface area contributed by atoms with Crippen LogP contribution in [0.4, 0.5) is 5.69 Å². The van der Waals surface area contributed by atoms with Crippen LogP contribution >= 0.6 is 11.3 Å². The zero-order chi connectivity index (χ0) is 22.2. The van der Waals surface area contributed by atoms with Crippen LogP contribution in [0.3, 0.4) is 0 Å². The van der Waals surface area contributed by atoms with Gasteiger partial charge in [-0.1, -0.05) is 24.3 Å². The maximum atomic E-state index is 13.7. The van der Waals surface area contributed by atoms with Gasteiger partial charge in [-0.25, -0.2) is 4.98 Å². The molecule has 2 aromatic carbocycles. The van der Waals surface area contributed by atoms with E-state index in [4.69, 9.17) is 4.98 Å². The molecular weight excluding hydrogens is 424 g/mol. The minimum absolute atomic E-state index is 0.00732. The van der Waals surface area contributed by atoms with Crippen molar-refractivity contribution in [3.63, 3.8) is 0 Å². The van der Waals surface area contributed by atoms with Crippen LogP contribution in [0.5, 0.6) is 0 Å². The molecule has 0 fully saturated rings. The van der Waals surface area contributed by atoms with Gasteiger partial charge >= 0.3 is 0 Å². The first kappa shape index (κ1) is 20.3. The summed E-state index contributed by atoms with van der Waals surface area (Å²) in [4.78, 5) is 31.0. The highest BCUT2D eigenvalue weighted by Crippen LogP contribution is 2.35. The molecule has 0 unspecified atom stereocenters. The molecule has 2 heterocycles. The van der Waals surface area contributed by atoms with Gasteiger partial charge in [-0.3, -0.25) is 14.9 Å². The van der Waals surface area contributed by atoms with Gasteiger partial charge in [0.1, 0.15) is 4.83 Å². The molecule has 2 aromatic heterocycles. The molecule has 0 aliphatic heterocycles. The lowest BCUT2D eigenvalue weighted by atomic mass is 9.97. The van der Waals surface area contributed by atoms with Crippen LogP contribution in [0, 0.1) is 17.0 Å². The molecule has 0 spiro atoms. The zero-order valence-electron chi connectivity index (χ0n) is 17.4. The predicted octanol–water partition coefficient (Wildman–Crippen LogP) is 5.10. The summed E-state index contributed by atoms with van der Waals surface area (Å²) in [6.07, 6.45) is 5.63. The first-order valence-electron chi connectivity index (χ1n) is 10.4. The summed E-state index contributed by atoms with van der Waals surface area (Å²) in [5.41, 5.74) is 3.45. The highest BCUT2D eigenvalue weighted by atomic mass is 32.1. The second-order valence-corrected chi connectivity index (χ2v) is 8.94. The molecule has 0 atom stereocenters. The molecule has 32 heavy (non-hydrogen) atoms. The van der Waals surface area contributed by atoms with E-state index in [0.717, 1.165) is 47.2 Å². The van der Waals surface area contributed by atoms with E-state index in [1.165, 1.54) is 21.7 Å². The van der Waals surface area contributed by atoms with Gasteiger partial charge < -0.3 is 0 Å². The Labute approximate surface area is 187 Å². The van der Waals surface area contributed by atoms with Crippen LogP contribution in [0.15, 0.2) is 58.4 Å². The summed E-state index contributed by atoms with van der Waals surface area (Å²) in [6, 6.07) is 13.8. The average Bonchev–Trinajstić information content (AvgIpc) is 3.17. The highest BCUT2D eigenvalue weighted by Gasteiger charge is 2.23. The Bertz CT molecular complexity index is 1430. The van der Waals surface area contributed by atoms with E-state index in [-0.39, 0.29) is 11.2 Å². The van der Waals surface area contributed by atoms with Gasteiger partial charge in [0.15, 0.2) is 5.82 Å². The van der Waals surface area contributed by atoms with E-state index in [9.17, 15) is 14.9 Å². The van der Waals surface area contributed by atoms with Crippen molar-refractivity contribution in [2.24, 2.45) is 5.10 Å². The Morgan fingerprint density at radius 2 is 1.88 bits per heavy atom. The van der Waals surface area contributed by atoms with Crippen molar-refractivity contribution in [2.75, 3.05) is 0 Å². The third-order valence-electron chi connectivity index (χ3n) is 5.78. The van der Waals surface area contributed by atoms with Gasteiger partial charge in [-0.2, -0.15) is 9.78 Å². The molecule has 7 nitrogen and oxygen atoms in total. The Balaban J connectivity index is 1.71. The van der Waals surface area contributed by atoms with E-state index in [1.54, 1.807) is 29.7 Å². The SMILES string of the molecule is Cc1ccccc1-c1nc2sc3c(c2c(=O)n1/N=C/c1ccc([N+](=O)[O-])cc1)CCCC3. The summed E-state index contributed by atoms with van der Waals surface area (Å²) >= 11 is 1.62. The van der Waals surface area contributed by atoms with Gasteiger partial charge in [0.25, 0.3) is 11.2 Å². The highest BCUT2D eigenvalue weighted by molar-refractivity contribution is 7.18. The van der Waals surface area contributed by atoms with Crippen molar-refractivity contribution >= 4 is 33.5 Å². The molecule has 4 aromatic rings. The number of aryl methyl sites for hydroxylation is 3. The lowest BCUT2D eigenvalue weighted by Gasteiger charge is -2.12. The van der Waals surface area contributed by atoms with E-state index >= 15 is 0 Å². The fourth-order valence-corrected chi connectivity index (χ4v) is 5.36. The van der Waals surface area contributed by atoms with Gasteiger partial charge in [-0.05, 0) is 61.4 Å². The average molecular weight is 445 g/mol. The van der Waals surface area contributed by atoms with E-state index < -0.39 is 4.92 Å². The number of hydrogen-bond donors (Lipinski definition) is 0. The smallest absolute Gasteiger partial charge is 0.267 e. The molecule has 1 aliphatic rings. The zero-order valence-corrected chi connectivity index (χ0v) is 18.3. The Morgan fingerprint density at radius 3 is 2.62 bits per heavy atom. The minimum atomic E-state index is -0.445. The van der Waals surface area contributed by atoms with E-state index in [0.29, 0.717) is 16.8 Å². The van der Waals surface area contributed by atoms with Crippen molar-refractivity contribution in [3.8, 4) is 11.4 Å². The molecule has 0 N–H and O–H groups in total. The van der Waals surface area contributed by atoms with E-state index in [1.807, 2.05) is 31.2 Å². The van der Waals surface area contributed by atoms with Gasteiger partial charge in [0.2, 0.25) is 0 Å². The number of hydrogen-bond acceptors (Lipinski definition) is 6. The predicted molar refractivity (Wildman–Crippen MR) is 127 cm³/mol. The quantitative estimate of drug-likeness (QED) is 0.249. The Hall–Kier alpha value is -3.65. The number of nitro benzene ring substituents is 1. The lowest BCUT2D eigenvalue weighted by molar-refractivity contribution is -0.384. The standard InChI is InChI=1S/C24H20N4O3S/c1-15-6-2-3-7-18(15)22-26-23-21(19-8-4-5-9-20(19)32-23)24(29)27(22)25-14-16-10-12-17(13-11-16)28(30)31/h2-3,6-7,10-14H,4-5,8-9H2,1H3/b25-14+. The number of nitrogens with zero attached hydrogens (tertiary/aromatic N) is 4. The molecular formula is C24H20N4O3S. The van der Waals surface area contributed by atoms with Gasteiger partial charge in [-0.15, -0.1) is 11.3 Å². The second kappa shape index (κ2) is 8.12. The van der Waals surface area contributed by atoms with Crippen LogP contribution in [-0.2, 0) is 12.8 Å². The molecule has 0 radical (unpaired) electrons. The lowest BCUT2D eigenvalue weighted by Crippen LogP contribution is -2.21. The van der Waals surface area contributed by atoms with Crippen LogP contribution < -0.4 is 5.56 Å². The second-order valence-electron chi connectivity index (χ2n) is 7.85. The number of aromatic nitrogens is 2. The minimum Gasteiger partial charge on any atom is -0.267 e. The summed E-state index contributed by atoms with van der Waals surface area (Å²) in [5.74, 6) is 0.498. The summed E-state index contributed by atoms with van der Waals surface area (Å²) in [6.45, 7) is 1.98. The van der Waals surface area contributed by atoms with Crippen molar-refractivity contribution in [3.05, 3.63) is 90.6 Å². The number of thiophene rings is 1. The van der Waals surface area contributed by atoms with Crippen molar-refractivity contribution in [2.45, 2.75) is 32.6 Å². The molecule has 1 aliphatic carbocycles. The molecule has 5 rings (SSSR count). The van der Waals surface area contributed by atoms with Crippen molar-refractivity contribution < 1.29 is 4.92 Å². The van der Waals surface area contributed by atoms with Crippen LogP contribution in [0.2, 0.25) is 0 Å². The number of nitro groups is 1. The number of fused-ring (bicyclic) bond motifs is 3. The van der Waals surface area contributed by atoms with E-state index in [2.05, 4.69) is 5.10 Å². The first-order chi connectivity index (χ1) is 15.5. The molecule has 0 bridgehead atoms. The maximum Gasteiger partial charge on any atom is 0.283 e. The Morgan fingerprint density at radius 1 is 1.12 bits per heavy atom. The fourth-order valence-electron chi connectivity index (χ4n) is 4.11. The molecule has 0 saturated heterocycles. The molecule has 8 heteroatoms.